The third-order valence-corrected chi connectivity index (χ3v) is 4.89. The molecule has 0 saturated carbocycles. The highest BCUT2D eigenvalue weighted by Gasteiger charge is 2.34. The molecule has 1 atom stereocenters. The van der Waals surface area contributed by atoms with Gasteiger partial charge in [-0.1, -0.05) is 61.4 Å². The predicted octanol–water partition coefficient (Wildman–Crippen LogP) is 4.55. The molecule has 0 bridgehead atoms. The highest BCUT2D eigenvalue weighted by Crippen LogP contribution is 2.35. The van der Waals surface area contributed by atoms with Crippen molar-refractivity contribution in [2.75, 3.05) is 6.61 Å². The fraction of sp³-hybridized carbons (Fsp3) is 0.333. The summed E-state index contributed by atoms with van der Waals surface area (Å²) in [5.74, 6) is 0.176. The van der Waals surface area contributed by atoms with Gasteiger partial charge in [-0.25, -0.2) is 9.59 Å². The molecule has 2 N–H and O–H groups in total. The van der Waals surface area contributed by atoms with E-state index >= 15 is 0 Å². The van der Waals surface area contributed by atoms with E-state index in [2.05, 4.69) is 10.6 Å². The van der Waals surface area contributed by atoms with Crippen molar-refractivity contribution in [3.63, 3.8) is 0 Å². The van der Waals surface area contributed by atoms with Crippen LogP contribution in [0, 0.1) is 6.92 Å². The molecule has 0 radical (unpaired) electrons. The summed E-state index contributed by atoms with van der Waals surface area (Å²) in [7, 11) is 0. The van der Waals surface area contributed by atoms with E-state index in [1.807, 2.05) is 62.4 Å². The SMILES string of the molecule is CCCC1=C(C(=O)OCC)C(c2ccccc2OCc2ccc(C)cc2)NC(=O)N1. The Kier molecular flexibility index (Phi) is 7.12. The fourth-order valence-corrected chi connectivity index (χ4v) is 3.44. The van der Waals surface area contributed by atoms with Gasteiger partial charge in [0.25, 0.3) is 0 Å². The summed E-state index contributed by atoms with van der Waals surface area (Å²) in [5.41, 5.74) is 3.96. The van der Waals surface area contributed by atoms with Gasteiger partial charge in [0.15, 0.2) is 0 Å². The highest BCUT2D eigenvalue weighted by atomic mass is 16.5. The van der Waals surface area contributed by atoms with Crippen LogP contribution in [0.2, 0.25) is 0 Å². The van der Waals surface area contributed by atoms with Crippen molar-refractivity contribution in [1.29, 1.82) is 0 Å². The second-order valence-corrected chi connectivity index (χ2v) is 7.21. The van der Waals surface area contributed by atoms with Gasteiger partial charge in [0.1, 0.15) is 12.4 Å². The zero-order chi connectivity index (χ0) is 21.5. The number of hydrogen-bond donors (Lipinski definition) is 2. The molecule has 0 spiro atoms. The van der Waals surface area contributed by atoms with Crippen molar-refractivity contribution in [2.45, 2.75) is 46.3 Å². The number of hydrogen-bond acceptors (Lipinski definition) is 4. The Morgan fingerprint density at radius 3 is 2.50 bits per heavy atom. The Labute approximate surface area is 177 Å². The summed E-state index contributed by atoms with van der Waals surface area (Å²) in [4.78, 5) is 25.1. The number of para-hydroxylation sites is 1. The van der Waals surface area contributed by atoms with Gasteiger partial charge in [0, 0.05) is 11.3 Å². The molecule has 3 rings (SSSR count). The van der Waals surface area contributed by atoms with Gasteiger partial charge in [-0.05, 0) is 31.9 Å². The highest BCUT2D eigenvalue weighted by molar-refractivity contribution is 5.95. The molecular formula is C24H28N2O4. The van der Waals surface area contributed by atoms with Crippen molar-refractivity contribution >= 4 is 12.0 Å². The van der Waals surface area contributed by atoms with Gasteiger partial charge in [0.2, 0.25) is 0 Å². The maximum absolute atomic E-state index is 12.8. The zero-order valence-corrected chi connectivity index (χ0v) is 17.7. The minimum Gasteiger partial charge on any atom is -0.489 e. The second kappa shape index (κ2) is 9.96. The third-order valence-electron chi connectivity index (χ3n) is 4.89. The standard InChI is InChI=1S/C24H28N2O4/c1-4-8-19-21(23(27)29-5-2)22(26-24(28)25-19)18-9-6-7-10-20(18)30-15-17-13-11-16(3)12-14-17/h6-7,9-14,22H,4-5,8,15H2,1-3H3,(H2,25,26,28). The van der Waals surface area contributed by atoms with E-state index in [4.69, 9.17) is 9.47 Å². The van der Waals surface area contributed by atoms with Crippen molar-refractivity contribution in [2.24, 2.45) is 0 Å². The largest absolute Gasteiger partial charge is 0.489 e. The van der Waals surface area contributed by atoms with E-state index in [1.54, 1.807) is 6.92 Å². The number of urea groups is 1. The number of allylic oxidation sites excluding steroid dienone is 1. The number of esters is 1. The summed E-state index contributed by atoms with van der Waals surface area (Å²) in [6.45, 7) is 6.44. The Bertz CT molecular complexity index is 934. The number of aryl methyl sites for hydroxylation is 1. The number of ether oxygens (including phenoxy) is 2. The fourth-order valence-electron chi connectivity index (χ4n) is 3.44. The molecule has 0 aliphatic carbocycles. The van der Waals surface area contributed by atoms with Gasteiger partial charge in [-0.3, -0.25) is 0 Å². The average molecular weight is 408 g/mol. The number of amides is 2. The normalized spacial score (nSPS) is 16.0. The van der Waals surface area contributed by atoms with Crippen LogP contribution in [-0.4, -0.2) is 18.6 Å². The van der Waals surface area contributed by atoms with Crippen LogP contribution in [0.15, 0.2) is 59.8 Å². The van der Waals surface area contributed by atoms with E-state index in [9.17, 15) is 9.59 Å². The Hall–Kier alpha value is -3.28. The minimum atomic E-state index is -0.645. The number of rotatable bonds is 8. The summed E-state index contributed by atoms with van der Waals surface area (Å²) >= 11 is 0. The summed E-state index contributed by atoms with van der Waals surface area (Å²) in [6, 6.07) is 14.6. The maximum atomic E-state index is 12.8. The lowest BCUT2D eigenvalue weighted by atomic mass is 9.93. The average Bonchev–Trinajstić information content (AvgIpc) is 2.73. The van der Waals surface area contributed by atoms with Crippen LogP contribution in [0.3, 0.4) is 0 Å². The van der Waals surface area contributed by atoms with Crippen LogP contribution in [0.1, 0.15) is 49.4 Å². The summed E-state index contributed by atoms with van der Waals surface area (Å²) in [5, 5.41) is 5.64. The number of carbonyl (C=O) groups excluding carboxylic acids is 2. The van der Waals surface area contributed by atoms with Crippen molar-refractivity contribution in [3.8, 4) is 5.75 Å². The van der Waals surface area contributed by atoms with Gasteiger partial charge in [-0.15, -0.1) is 0 Å². The lowest BCUT2D eigenvalue weighted by Gasteiger charge is -2.30. The van der Waals surface area contributed by atoms with Crippen molar-refractivity contribution < 1.29 is 19.1 Å². The van der Waals surface area contributed by atoms with Crippen LogP contribution in [0.4, 0.5) is 4.79 Å². The topological polar surface area (TPSA) is 76.7 Å². The molecule has 0 fully saturated rings. The Morgan fingerprint density at radius 1 is 1.07 bits per heavy atom. The Balaban J connectivity index is 1.95. The molecule has 6 heteroatoms. The minimum absolute atomic E-state index is 0.258. The molecule has 1 aliphatic heterocycles. The molecule has 158 valence electrons. The molecule has 2 amide bonds. The van der Waals surface area contributed by atoms with Gasteiger partial charge < -0.3 is 20.1 Å². The molecule has 6 nitrogen and oxygen atoms in total. The van der Waals surface area contributed by atoms with E-state index in [0.29, 0.717) is 30.0 Å². The molecule has 2 aromatic rings. The van der Waals surface area contributed by atoms with Crippen molar-refractivity contribution in [3.05, 3.63) is 76.5 Å². The van der Waals surface area contributed by atoms with E-state index in [1.165, 1.54) is 5.56 Å². The van der Waals surface area contributed by atoms with Crippen LogP contribution < -0.4 is 15.4 Å². The lowest BCUT2D eigenvalue weighted by molar-refractivity contribution is -0.139. The van der Waals surface area contributed by atoms with E-state index in [0.717, 1.165) is 17.5 Å². The number of nitrogens with one attached hydrogen (secondary N) is 2. The molecule has 0 saturated heterocycles. The first-order valence-electron chi connectivity index (χ1n) is 10.3. The van der Waals surface area contributed by atoms with Crippen LogP contribution in [0.25, 0.3) is 0 Å². The first-order valence-corrected chi connectivity index (χ1v) is 10.3. The molecule has 0 aromatic heterocycles. The van der Waals surface area contributed by atoms with Crippen LogP contribution in [-0.2, 0) is 16.1 Å². The molecule has 30 heavy (non-hydrogen) atoms. The summed E-state index contributed by atoms with van der Waals surface area (Å²) in [6.07, 6.45) is 1.36. The lowest BCUT2D eigenvalue weighted by Crippen LogP contribution is -2.46. The smallest absolute Gasteiger partial charge is 0.338 e. The molecule has 2 aromatic carbocycles. The van der Waals surface area contributed by atoms with E-state index < -0.39 is 12.0 Å². The van der Waals surface area contributed by atoms with Gasteiger partial charge in [0.05, 0.1) is 18.2 Å². The van der Waals surface area contributed by atoms with Crippen molar-refractivity contribution in [1.82, 2.24) is 10.6 Å². The number of benzene rings is 2. The van der Waals surface area contributed by atoms with Gasteiger partial charge in [-0.2, -0.15) is 0 Å². The molecule has 1 unspecified atom stereocenters. The maximum Gasteiger partial charge on any atom is 0.338 e. The molecular weight excluding hydrogens is 380 g/mol. The number of carbonyl (C=O) groups is 2. The second-order valence-electron chi connectivity index (χ2n) is 7.21. The van der Waals surface area contributed by atoms with E-state index in [-0.39, 0.29) is 12.6 Å². The molecule has 1 aliphatic rings. The quantitative estimate of drug-likeness (QED) is 0.629. The first kappa shape index (κ1) is 21.4. The molecule has 1 heterocycles. The van der Waals surface area contributed by atoms with Gasteiger partial charge >= 0.3 is 12.0 Å². The predicted molar refractivity (Wildman–Crippen MR) is 115 cm³/mol. The van der Waals surface area contributed by atoms with Crippen LogP contribution >= 0.6 is 0 Å². The Morgan fingerprint density at radius 2 is 1.80 bits per heavy atom. The third kappa shape index (κ3) is 5.00. The first-order chi connectivity index (χ1) is 14.5. The summed E-state index contributed by atoms with van der Waals surface area (Å²) < 4.78 is 11.4. The zero-order valence-electron chi connectivity index (χ0n) is 17.7. The monoisotopic (exact) mass is 408 g/mol. The van der Waals surface area contributed by atoms with Crippen LogP contribution in [0.5, 0.6) is 5.75 Å².